The van der Waals surface area contributed by atoms with E-state index in [1.165, 1.54) is 0 Å². The minimum Gasteiger partial charge on any atom is -0.504 e. The van der Waals surface area contributed by atoms with Gasteiger partial charge in [0.1, 0.15) is 0 Å². The summed E-state index contributed by atoms with van der Waals surface area (Å²) in [5, 5.41) is 0. The van der Waals surface area contributed by atoms with Gasteiger partial charge in [0, 0.05) is 12.0 Å². The van der Waals surface area contributed by atoms with Crippen molar-refractivity contribution in [3.8, 4) is 0 Å². The maximum atomic E-state index is 11.2. The molecule has 1 aliphatic carbocycles. The molecule has 0 amide bonds. The van der Waals surface area contributed by atoms with Crippen molar-refractivity contribution in [3.63, 3.8) is 0 Å². The maximum Gasteiger partial charge on any atom is 0.162 e. The van der Waals surface area contributed by atoms with Gasteiger partial charge in [0.2, 0.25) is 0 Å². The van der Waals surface area contributed by atoms with E-state index < -0.39 is 0 Å². The van der Waals surface area contributed by atoms with E-state index in [2.05, 4.69) is 13.8 Å². The van der Waals surface area contributed by atoms with Gasteiger partial charge in [-0.05, 0) is 11.8 Å². The second-order valence-electron chi connectivity index (χ2n) is 3.82. The van der Waals surface area contributed by atoms with Crippen molar-refractivity contribution in [2.24, 2.45) is 5.41 Å². The van der Waals surface area contributed by atoms with E-state index in [-0.39, 0.29) is 11.2 Å². The molecule has 0 saturated heterocycles. The summed E-state index contributed by atoms with van der Waals surface area (Å²) in [6, 6.07) is 0. The second kappa shape index (κ2) is 2.68. The summed E-state index contributed by atoms with van der Waals surface area (Å²) in [6.07, 6.45) is 3.07. The Morgan fingerprint density at radius 3 is 2.45 bits per heavy atom. The van der Waals surface area contributed by atoms with Gasteiger partial charge in [0.25, 0.3) is 0 Å². The highest BCUT2D eigenvalue weighted by atomic mass is 16.5. The molecule has 0 atom stereocenters. The Morgan fingerprint density at radius 1 is 1.45 bits per heavy atom. The molecular formula is C9H14O2. The zero-order valence-electron chi connectivity index (χ0n) is 7.31. The van der Waals surface area contributed by atoms with E-state index in [4.69, 9.17) is 4.74 Å². The monoisotopic (exact) mass is 154 g/mol. The minimum atomic E-state index is 0.140. The molecule has 0 heterocycles. The minimum absolute atomic E-state index is 0.140. The average Bonchev–Trinajstić information content (AvgIpc) is 2.07. The zero-order chi connectivity index (χ0) is 8.48. The van der Waals surface area contributed by atoms with E-state index in [1.54, 1.807) is 13.4 Å². The summed E-state index contributed by atoms with van der Waals surface area (Å²) in [7, 11) is 1.58. The summed E-state index contributed by atoms with van der Waals surface area (Å²) in [5.41, 5.74) is 0.971. The molecule has 0 aliphatic heterocycles. The molecular weight excluding hydrogens is 140 g/mol. The van der Waals surface area contributed by atoms with E-state index in [0.717, 1.165) is 12.0 Å². The normalized spacial score (nSPS) is 26.1. The molecule has 2 heteroatoms. The molecule has 11 heavy (non-hydrogen) atoms. The van der Waals surface area contributed by atoms with Crippen LogP contribution < -0.4 is 0 Å². The number of hydrogen-bond donors (Lipinski definition) is 0. The number of hydrogen-bond acceptors (Lipinski definition) is 2. The van der Waals surface area contributed by atoms with Gasteiger partial charge in [-0.15, -0.1) is 0 Å². The molecule has 0 radical (unpaired) electrons. The van der Waals surface area contributed by atoms with Gasteiger partial charge in [0.05, 0.1) is 13.4 Å². The smallest absolute Gasteiger partial charge is 0.162 e. The Balaban J connectivity index is 2.74. The van der Waals surface area contributed by atoms with E-state index in [0.29, 0.717) is 6.42 Å². The predicted octanol–water partition coefficient (Wildman–Crippen LogP) is 1.91. The van der Waals surface area contributed by atoms with Gasteiger partial charge < -0.3 is 4.74 Å². The highest BCUT2D eigenvalue weighted by Crippen LogP contribution is 2.37. The van der Waals surface area contributed by atoms with Gasteiger partial charge >= 0.3 is 0 Å². The largest absolute Gasteiger partial charge is 0.504 e. The van der Waals surface area contributed by atoms with Crippen LogP contribution in [0, 0.1) is 5.41 Å². The fourth-order valence-electron chi connectivity index (χ4n) is 1.47. The standard InChI is InChI=1S/C9H14O2/c1-9(2)4-7(6-11-3)8(10)5-9/h6H,4-5H2,1-3H3/b7-6-. The predicted molar refractivity (Wildman–Crippen MR) is 43.1 cm³/mol. The molecule has 0 aromatic carbocycles. The van der Waals surface area contributed by atoms with E-state index >= 15 is 0 Å². The van der Waals surface area contributed by atoms with Gasteiger partial charge in [-0.25, -0.2) is 0 Å². The first-order valence-corrected chi connectivity index (χ1v) is 3.80. The lowest BCUT2D eigenvalue weighted by Gasteiger charge is -2.12. The van der Waals surface area contributed by atoms with Crippen LogP contribution in [0.2, 0.25) is 0 Å². The number of ketones is 1. The summed E-state index contributed by atoms with van der Waals surface area (Å²) in [5.74, 6) is 0.233. The van der Waals surface area contributed by atoms with Crippen LogP contribution in [-0.2, 0) is 9.53 Å². The molecule has 0 unspecified atom stereocenters. The summed E-state index contributed by atoms with van der Waals surface area (Å²) in [4.78, 5) is 11.2. The summed E-state index contributed by atoms with van der Waals surface area (Å²) >= 11 is 0. The lowest BCUT2D eigenvalue weighted by atomic mass is 9.92. The molecule has 1 aliphatic rings. The molecule has 0 spiro atoms. The number of methoxy groups -OCH3 is 1. The second-order valence-corrected chi connectivity index (χ2v) is 3.82. The van der Waals surface area contributed by atoms with Crippen molar-refractivity contribution >= 4 is 5.78 Å². The number of carbonyl (C=O) groups excluding carboxylic acids is 1. The Labute approximate surface area is 67.2 Å². The highest BCUT2D eigenvalue weighted by Gasteiger charge is 2.33. The lowest BCUT2D eigenvalue weighted by Crippen LogP contribution is -2.04. The molecule has 2 nitrogen and oxygen atoms in total. The maximum absolute atomic E-state index is 11.2. The first-order valence-electron chi connectivity index (χ1n) is 3.80. The third kappa shape index (κ3) is 1.82. The lowest BCUT2D eigenvalue weighted by molar-refractivity contribution is -0.115. The zero-order valence-corrected chi connectivity index (χ0v) is 7.31. The van der Waals surface area contributed by atoms with Gasteiger partial charge in [-0.1, -0.05) is 13.8 Å². The molecule has 0 N–H and O–H groups in total. The van der Waals surface area contributed by atoms with E-state index in [1.807, 2.05) is 0 Å². The Morgan fingerprint density at radius 2 is 2.09 bits per heavy atom. The first-order chi connectivity index (χ1) is 5.05. The van der Waals surface area contributed by atoms with Gasteiger partial charge in [-0.3, -0.25) is 4.79 Å². The Hall–Kier alpha value is -0.790. The number of Topliss-reactive ketones (excluding diaryl/α,β-unsaturated/α-hetero) is 1. The molecule has 1 rings (SSSR count). The third-order valence-corrected chi connectivity index (χ3v) is 1.93. The van der Waals surface area contributed by atoms with Crippen LogP contribution in [0.25, 0.3) is 0 Å². The van der Waals surface area contributed by atoms with Crippen molar-refractivity contribution in [2.75, 3.05) is 7.11 Å². The molecule has 0 aromatic rings. The number of rotatable bonds is 1. The van der Waals surface area contributed by atoms with Crippen molar-refractivity contribution in [1.29, 1.82) is 0 Å². The number of carbonyl (C=O) groups is 1. The molecule has 0 aromatic heterocycles. The van der Waals surface area contributed by atoms with Crippen LogP contribution in [0.1, 0.15) is 26.7 Å². The van der Waals surface area contributed by atoms with Crippen LogP contribution >= 0.6 is 0 Å². The van der Waals surface area contributed by atoms with Crippen molar-refractivity contribution in [1.82, 2.24) is 0 Å². The first kappa shape index (κ1) is 8.31. The quantitative estimate of drug-likeness (QED) is 0.426. The van der Waals surface area contributed by atoms with Crippen LogP contribution in [0.5, 0.6) is 0 Å². The molecule has 1 saturated carbocycles. The topological polar surface area (TPSA) is 26.3 Å². The molecule has 0 bridgehead atoms. The van der Waals surface area contributed by atoms with Crippen LogP contribution in [-0.4, -0.2) is 12.9 Å². The Kier molecular flexibility index (Phi) is 2.03. The number of ether oxygens (including phenoxy) is 1. The van der Waals surface area contributed by atoms with E-state index in [9.17, 15) is 4.79 Å². The van der Waals surface area contributed by atoms with Crippen molar-refractivity contribution < 1.29 is 9.53 Å². The molecule has 1 fully saturated rings. The number of allylic oxidation sites excluding steroid dienone is 1. The van der Waals surface area contributed by atoms with Crippen molar-refractivity contribution in [2.45, 2.75) is 26.7 Å². The average molecular weight is 154 g/mol. The van der Waals surface area contributed by atoms with Gasteiger partial charge in [-0.2, -0.15) is 0 Å². The van der Waals surface area contributed by atoms with Crippen LogP contribution in [0.4, 0.5) is 0 Å². The highest BCUT2D eigenvalue weighted by molar-refractivity contribution is 5.98. The Bertz CT molecular complexity index is 202. The van der Waals surface area contributed by atoms with Crippen molar-refractivity contribution in [3.05, 3.63) is 11.8 Å². The SMILES string of the molecule is CO/C=C1/CC(C)(C)CC1=O. The van der Waals surface area contributed by atoms with Crippen LogP contribution in [0.3, 0.4) is 0 Å². The fraction of sp³-hybridized carbons (Fsp3) is 0.667. The third-order valence-electron chi connectivity index (χ3n) is 1.93. The summed E-state index contributed by atoms with van der Waals surface area (Å²) in [6.45, 7) is 4.20. The van der Waals surface area contributed by atoms with Crippen LogP contribution in [0.15, 0.2) is 11.8 Å². The summed E-state index contributed by atoms with van der Waals surface area (Å²) < 4.78 is 4.81. The fourth-order valence-corrected chi connectivity index (χ4v) is 1.47. The molecule has 62 valence electrons. The van der Waals surface area contributed by atoms with Gasteiger partial charge in [0.15, 0.2) is 5.78 Å².